The Morgan fingerprint density at radius 2 is 1.60 bits per heavy atom. The first-order chi connectivity index (χ1) is 13.0. The normalized spacial score (nSPS) is 16.4. The van der Waals surface area contributed by atoms with Crippen molar-refractivity contribution >= 4 is 12.1 Å². The fraction of sp³-hybridized carbons (Fsp3) is 0.652. The van der Waals surface area contributed by atoms with E-state index in [0.29, 0.717) is 26.2 Å². The van der Waals surface area contributed by atoms with E-state index in [0.717, 1.165) is 17.7 Å². The first kappa shape index (κ1) is 31.1. The second-order valence-corrected chi connectivity index (χ2v) is 8.46. The van der Waals surface area contributed by atoms with Crippen LogP contribution in [0.25, 0.3) is 0 Å². The van der Waals surface area contributed by atoms with Crippen LogP contribution in [0, 0.1) is 57.3 Å². The van der Waals surface area contributed by atoms with Crippen molar-refractivity contribution < 1.29 is 50.2 Å². The molecule has 0 spiro atoms. The summed E-state index contributed by atoms with van der Waals surface area (Å²) in [6, 6.07) is 0. The summed E-state index contributed by atoms with van der Waals surface area (Å²) >= 11 is 0. The maximum absolute atomic E-state index is 12.3. The summed E-state index contributed by atoms with van der Waals surface area (Å²) in [5.41, 5.74) is 1.29. The predicted molar refractivity (Wildman–Crippen MR) is 118 cm³/mol. The number of carbonyl (C=O) groups is 2. The van der Waals surface area contributed by atoms with Crippen LogP contribution in [0.15, 0.2) is 23.4 Å². The fourth-order valence-electron chi connectivity index (χ4n) is 3.22. The minimum Gasteiger partial charge on any atom is -0.469 e. The third-order valence-electron chi connectivity index (χ3n) is 4.56. The maximum Gasteiger partial charge on any atom is 2.00 e. The van der Waals surface area contributed by atoms with Crippen molar-refractivity contribution in [3.05, 3.63) is 37.8 Å². The number of rotatable bonds is 6. The predicted octanol–water partition coefficient (Wildman–Crippen LogP) is 4.49. The molecule has 0 aliphatic carbocycles. The second kappa shape index (κ2) is 14.1. The molecule has 1 amide bonds. The van der Waals surface area contributed by atoms with Gasteiger partial charge in [-0.2, -0.15) is 6.08 Å². The minimum absolute atomic E-state index is 0. The summed E-state index contributed by atoms with van der Waals surface area (Å²) in [4.78, 5) is 28.4. The van der Waals surface area contributed by atoms with Crippen LogP contribution in [0.5, 0.6) is 0 Å². The largest absolute Gasteiger partial charge is 2.00 e. The van der Waals surface area contributed by atoms with E-state index in [9.17, 15) is 9.59 Å². The molecule has 0 radical (unpaired) electrons. The molecule has 1 unspecified atom stereocenters. The van der Waals surface area contributed by atoms with Gasteiger partial charge in [0.1, 0.15) is 5.60 Å². The van der Waals surface area contributed by atoms with Gasteiger partial charge in [0.2, 0.25) is 0 Å². The molecule has 0 aromatic heterocycles. The molecule has 6 nitrogen and oxygen atoms in total. The monoisotopic (exact) mass is 646 g/mol. The van der Waals surface area contributed by atoms with Gasteiger partial charge in [0.05, 0.1) is 13.0 Å². The number of methoxy groups -OCH3 is 1. The van der Waals surface area contributed by atoms with E-state index in [1.54, 1.807) is 4.90 Å². The smallest absolute Gasteiger partial charge is 0.469 e. The Bertz CT molecular complexity index is 601. The van der Waals surface area contributed by atoms with Gasteiger partial charge in [-0.3, -0.25) is 4.79 Å². The molecule has 0 aromatic carbocycles. The number of carbonyl (C=O) groups excluding carboxylic acids is 2. The Balaban J connectivity index is 0. The van der Waals surface area contributed by atoms with Gasteiger partial charge in [-0.05, 0) is 38.8 Å². The van der Waals surface area contributed by atoms with Gasteiger partial charge in [0.15, 0.2) is 0 Å². The van der Waals surface area contributed by atoms with Gasteiger partial charge in [-0.1, -0.05) is 26.8 Å². The molecule has 1 heterocycles. The molecule has 7 heteroatoms. The zero-order chi connectivity index (χ0) is 21.5. The Morgan fingerprint density at radius 1 is 1.10 bits per heavy atom. The Morgan fingerprint density at radius 3 is 2.00 bits per heavy atom. The van der Waals surface area contributed by atoms with Crippen LogP contribution >= 0.6 is 0 Å². The molecule has 1 rings (SSSR count). The number of allylic oxidation sites excluding steroid dienone is 2. The molecule has 0 bridgehead atoms. The number of ether oxygens (including phenoxy) is 2. The summed E-state index contributed by atoms with van der Waals surface area (Å²) in [5, 5.41) is 0. The first-order valence-corrected chi connectivity index (χ1v) is 10.0. The van der Waals surface area contributed by atoms with Crippen molar-refractivity contribution in [2.24, 2.45) is 11.8 Å². The van der Waals surface area contributed by atoms with Crippen molar-refractivity contribution in [1.82, 2.24) is 9.80 Å². The molecule has 1 aliphatic heterocycles. The van der Waals surface area contributed by atoms with E-state index in [4.69, 9.17) is 9.47 Å². The maximum atomic E-state index is 12.3. The molecule has 30 heavy (non-hydrogen) atoms. The van der Waals surface area contributed by atoms with E-state index >= 15 is 0 Å². The van der Waals surface area contributed by atoms with E-state index < -0.39 is 5.60 Å². The van der Waals surface area contributed by atoms with Crippen LogP contribution in [0.1, 0.15) is 48.0 Å². The third-order valence-corrected chi connectivity index (χ3v) is 4.56. The van der Waals surface area contributed by atoms with Crippen molar-refractivity contribution in [2.75, 3.05) is 33.3 Å². The number of piperazine rings is 1. The molecule has 170 valence electrons. The number of hydrogen-bond donors (Lipinski definition) is 0. The van der Waals surface area contributed by atoms with Gasteiger partial charge in [-0.15, -0.1) is 0 Å². The Hall–Kier alpha value is -1.06. The fourth-order valence-corrected chi connectivity index (χ4v) is 3.22. The second-order valence-electron chi connectivity index (χ2n) is 8.46. The molecular weight excluding hydrogens is 606 g/mol. The molecule has 1 aliphatic rings. The van der Waals surface area contributed by atoms with E-state index in [-0.39, 0.29) is 62.4 Å². The average molecular weight is 647 g/mol. The Labute approximate surface area is 207 Å². The summed E-state index contributed by atoms with van der Waals surface area (Å²) in [5.74, 6) is -0.529. The number of nitrogens with zero attached hydrogens (tertiary/aromatic N) is 2. The van der Waals surface area contributed by atoms with Crippen LogP contribution < -0.4 is 0 Å². The standard InChI is InChI=1S/C22H37N2O4.CH3.U/c1-9-10-18(15-17(4)19(16(2)3)20(25)27-8)23-11-13-24(14-12-23)21(26)28-22(5,6)7;;/h10,15-16,19H,4,9,11-14H2,1-3,5-8H3;1H3;/q2*-1;+2/b17-15+,18-10-;;. The van der Waals surface area contributed by atoms with Crippen LogP contribution in [0.4, 0.5) is 4.79 Å². The van der Waals surface area contributed by atoms with E-state index in [1.807, 2.05) is 40.7 Å². The van der Waals surface area contributed by atoms with Gasteiger partial charge in [-0.25, -0.2) is 17.3 Å². The van der Waals surface area contributed by atoms with Crippen LogP contribution in [-0.2, 0) is 14.3 Å². The van der Waals surface area contributed by atoms with Gasteiger partial charge in [0.25, 0.3) is 0 Å². The minimum atomic E-state index is -0.493. The van der Waals surface area contributed by atoms with Crippen molar-refractivity contribution in [3.8, 4) is 0 Å². The molecule has 1 fully saturated rings. The van der Waals surface area contributed by atoms with Gasteiger partial charge < -0.3 is 26.7 Å². The summed E-state index contributed by atoms with van der Waals surface area (Å²) in [6.07, 6.45) is 4.71. The topological polar surface area (TPSA) is 59.1 Å². The molecule has 0 N–H and O–H groups in total. The molecule has 1 atom stereocenters. The van der Waals surface area contributed by atoms with Crippen molar-refractivity contribution in [2.45, 2.75) is 53.6 Å². The summed E-state index contributed by atoms with van der Waals surface area (Å²) in [6.45, 7) is 18.4. The molecular formula is C23H40N2O4U. The zero-order valence-electron chi connectivity index (χ0n) is 20.1. The first-order valence-electron chi connectivity index (χ1n) is 10.0. The molecule has 0 saturated carbocycles. The third kappa shape index (κ3) is 9.83. The quantitative estimate of drug-likeness (QED) is 0.242. The van der Waals surface area contributed by atoms with Crippen LogP contribution in [0.3, 0.4) is 0 Å². The summed E-state index contributed by atoms with van der Waals surface area (Å²) < 4.78 is 10.4. The number of amides is 1. The van der Waals surface area contributed by atoms with Gasteiger partial charge >= 0.3 is 43.2 Å². The summed E-state index contributed by atoms with van der Waals surface area (Å²) in [7, 11) is 1.41. The van der Waals surface area contributed by atoms with Crippen molar-refractivity contribution in [1.29, 1.82) is 0 Å². The van der Waals surface area contributed by atoms with Crippen LogP contribution in [-0.4, -0.2) is 60.8 Å². The number of hydrogen-bond acceptors (Lipinski definition) is 5. The molecule has 0 aromatic rings. The Kier molecular flexibility index (Phi) is 14.6. The average Bonchev–Trinajstić information content (AvgIpc) is 2.59. The SMILES string of the molecule is [CH2-]/C(=C\C(=C\CC)N1CCN(C(=O)OC(C)(C)C)CC1)C(C(=O)OC)C(C)C.[CH3-].[U+2]. The van der Waals surface area contributed by atoms with Crippen LogP contribution in [0.2, 0.25) is 0 Å². The van der Waals surface area contributed by atoms with Crippen molar-refractivity contribution in [3.63, 3.8) is 0 Å². The zero-order valence-corrected chi connectivity index (χ0v) is 24.2. The molecule has 1 saturated heterocycles. The van der Waals surface area contributed by atoms with E-state index in [2.05, 4.69) is 24.8 Å². The van der Waals surface area contributed by atoms with Gasteiger partial charge in [0, 0.05) is 26.2 Å². The van der Waals surface area contributed by atoms with E-state index in [1.165, 1.54) is 7.11 Å². The number of esters is 1.